The molecule has 24 heavy (non-hydrogen) atoms. The largest absolute Gasteiger partial charge is 0.494 e. The summed E-state index contributed by atoms with van der Waals surface area (Å²) in [7, 11) is -1.51. The lowest BCUT2D eigenvalue weighted by molar-refractivity contribution is 0.0601. The molecule has 0 aliphatic carbocycles. The summed E-state index contributed by atoms with van der Waals surface area (Å²) in [6.45, 7) is 1.68. The van der Waals surface area contributed by atoms with Crippen LogP contribution in [0.2, 0.25) is 0 Å². The molecule has 2 aromatic carbocycles. The number of aryl methyl sites for hydroxylation is 1. The van der Waals surface area contributed by atoms with Gasteiger partial charge in [-0.25, -0.2) is 17.6 Å². The van der Waals surface area contributed by atoms with Gasteiger partial charge in [0.15, 0.2) is 11.6 Å². The molecule has 8 heteroatoms. The summed E-state index contributed by atoms with van der Waals surface area (Å²) in [4.78, 5) is 11.4. The first-order valence-corrected chi connectivity index (χ1v) is 8.32. The fourth-order valence-electron chi connectivity index (χ4n) is 1.99. The van der Waals surface area contributed by atoms with Gasteiger partial charge >= 0.3 is 5.97 Å². The fraction of sp³-hybridized carbons (Fsp3) is 0.188. The second-order valence-electron chi connectivity index (χ2n) is 4.92. The van der Waals surface area contributed by atoms with E-state index < -0.39 is 21.8 Å². The Morgan fingerprint density at radius 2 is 1.83 bits per heavy atom. The summed E-state index contributed by atoms with van der Waals surface area (Å²) in [6.07, 6.45) is 0. The van der Waals surface area contributed by atoms with Crippen molar-refractivity contribution in [1.82, 2.24) is 0 Å². The van der Waals surface area contributed by atoms with Crippen LogP contribution in [0.15, 0.2) is 41.3 Å². The quantitative estimate of drug-likeness (QED) is 0.836. The van der Waals surface area contributed by atoms with Crippen LogP contribution in [0, 0.1) is 12.7 Å². The SMILES string of the molecule is COC(=O)c1ccc(C)c(NS(=O)(=O)c2ccc(F)c(OC)c2)c1. The minimum atomic E-state index is -3.98. The van der Waals surface area contributed by atoms with Crippen LogP contribution < -0.4 is 9.46 Å². The van der Waals surface area contributed by atoms with Crippen LogP contribution in [0.25, 0.3) is 0 Å². The number of hydrogen-bond acceptors (Lipinski definition) is 5. The number of nitrogens with one attached hydrogen (secondary N) is 1. The number of anilines is 1. The molecule has 0 fully saturated rings. The number of benzene rings is 2. The first-order valence-electron chi connectivity index (χ1n) is 6.84. The maximum absolute atomic E-state index is 13.4. The van der Waals surface area contributed by atoms with Crippen molar-refractivity contribution in [2.75, 3.05) is 18.9 Å². The van der Waals surface area contributed by atoms with Crippen molar-refractivity contribution < 1.29 is 27.1 Å². The molecule has 0 bridgehead atoms. The van der Waals surface area contributed by atoms with Crippen molar-refractivity contribution in [2.24, 2.45) is 0 Å². The molecule has 6 nitrogen and oxygen atoms in total. The Morgan fingerprint density at radius 1 is 1.12 bits per heavy atom. The van der Waals surface area contributed by atoms with Crippen molar-refractivity contribution in [2.45, 2.75) is 11.8 Å². The normalized spacial score (nSPS) is 11.0. The summed E-state index contributed by atoms with van der Waals surface area (Å²) >= 11 is 0. The zero-order valence-electron chi connectivity index (χ0n) is 13.3. The molecule has 2 aromatic rings. The van der Waals surface area contributed by atoms with Gasteiger partial charge in [-0.2, -0.15) is 0 Å². The van der Waals surface area contributed by atoms with E-state index in [1.165, 1.54) is 26.4 Å². The Bertz CT molecular complexity index is 880. The summed E-state index contributed by atoms with van der Waals surface area (Å²) in [5.74, 6) is -1.43. The number of halogens is 1. The van der Waals surface area contributed by atoms with Gasteiger partial charge in [0.25, 0.3) is 10.0 Å². The standard InChI is InChI=1S/C16H16FNO5S/c1-10-4-5-11(16(19)23-3)8-14(10)18-24(20,21)12-6-7-13(17)15(9-12)22-2/h4-9,18H,1-3H3. The molecule has 0 spiro atoms. The lowest BCUT2D eigenvalue weighted by atomic mass is 10.1. The third-order valence-corrected chi connectivity index (χ3v) is 4.70. The Hall–Kier alpha value is -2.61. The van der Waals surface area contributed by atoms with E-state index in [1.807, 2.05) is 0 Å². The molecule has 0 amide bonds. The van der Waals surface area contributed by atoms with Gasteiger partial charge in [-0.3, -0.25) is 4.72 Å². The van der Waals surface area contributed by atoms with Crippen LogP contribution in [0.5, 0.6) is 5.75 Å². The van der Waals surface area contributed by atoms with Crippen LogP contribution in [-0.2, 0) is 14.8 Å². The first-order chi connectivity index (χ1) is 11.3. The molecule has 2 rings (SSSR count). The Kier molecular flexibility index (Phi) is 5.08. The number of sulfonamides is 1. The smallest absolute Gasteiger partial charge is 0.337 e. The maximum atomic E-state index is 13.4. The highest BCUT2D eigenvalue weighted by Crippen LogP contribution is 2.25. The van der Waals surface area contributed by atoms with Gasteiger partial charge in [-0.05, 0) is 36.8 Å². The molecular formula is C16H16FNO5S. The van der Waals surface area contributed by atoms with Gasteiger partial charge in [0, 0.05) is 6.07 Å². The Balaban J connectivity index is 2.41. The highest BCUT2D eigenvalue weighted by molar-refractivity contribution is 7.92. The van der Waals surface area contributed by atoms with Gasteiger partial charge < -0.3 is 9.47 Å². The van der Waals surface area contributed by atoms with Crippen LogP contribution in [0.3, 0.4) is 0 Å². The minimum absolute atomic E-state index is 0.163. The molecule has 0 aliphatic rings. The van der Waals surface area contributed by atoms with Gasteiger partial charge in [0.05, 0.1) is 30.4 Å². The summed E-state index contributed by atoms with van der Waals surface area (Å²) in [5.41, 5.74) is 1.04. The van der Waals surface area contributed by atoms with Gasteiger partial charge in [0.1, 0.15) is 0 Å². The van der Waals surface area contributed by atoms with E-state index in [2.05, 4.69) is 9.46 Å². The fourth-order valence-corrected chi connectivity index (χ4v) is 3.12. The molecule has 128 valence electrons. The lowest BCUT2D eigenvalue weighted by Gasteiger charge is -2.12. The first kappa shape index (κ1) is 17.7. The number of hydrogen-bond donors (Lipinski definition) is 1. The average molecular weight is 353 g/mol. The van der Waals surface area contributed by atoms with Crippen LogP contribution >= 0.6 is 0 Å². The van der Waals surface area contributed by atoms with E-state index in [0.29, 0.717) is 5.56 Å². The zero-order valence-corrected chi connectivity index (χ0v) is 14.1. The molecular weight excluding hydrogens is 337 g/mol. The molecule has 0 unspecified atom stereocenters. The van der Waals surface area contributed by atoms with Gasteiger partial charge in [-0.15, -0.1) is 0 Å². The highest BCUT2D eigenvalue weighted by Gasteiger charge is 2.19. The van der Waals surface area contributed by atoms with E-state index in [-0.39, 0.29) is 21.9 Å². The summed E-state index contributed by atoms with van der Waals surface area (Å²) in [6, 6.07) is 7.71. The van der Waals surface area contributed by atoms with E-state index in [9.17, 15) is 17.6 Å². The monoisotopic (exact) mass is 353 g/mol. The second kappa shape index (κ2) is 6.88. The van der Waals surface area contributed by atoms with Crippen LogP contribution in [0.4, 0.5) is 10.1 Å². The van der Waals surface area contributed by atoms with E-state index in [4.69, 9.17) is 4.74 Å². The van der Waals surface area contributed by atoms with Crippen LogP contribution in [-0.4, -0.2) is 28.6 Å². The predicted octanol–water partition coefficient (Wildman–Crippen LogP) is 2.73. The highest BCUT2D eigenvalue weighted by atomic mass is 32.2. The molecule has 0 heterocycles. The lowest BCUT2D eigenvalue weighted by Crippen LogP contribution is -2.15. The van der Waals surface area contributed by atoms with E-state index in [1.54, 1.807) is 13.0 Å². The average Bonchev–Trinajstić information content (AvgIpc) is 2.56. The summed E-state index contributed by atoms with van der Waals surface area (Å²) in [5, 5.41) is 0. The molecule has 0 radical (unpaired) electrons. The molecule has 0 atom stereocenters. The number of esters is 1. The third-order valence-electron chi connectivity index (χ3n) is 3.34. The molecule has 0 saturated carbocycles. The van der Waals surface area contributed by atoms with Crippen LogP contribution in [0.1, 0.15) is 15.9 Å². The van der Waals surface area contributed by atoms with Crippen molar-refractivity contribution in [1.29, 1.82) is 0 Å². The zero-order chi connectivity index (χ0) is 17.9. The Morgan fingerprint density at radius 3 is 2.46 bits per heavy atom. The van der Waals surface area contributed by atoms with E-state index in [0.717, 1.165) is 18.2 Å². The number of carbonyl (C=O) groups is 1. The second-order valence-corrected chi connectivity index (χ2v) is 6.61. The predicted molar refractivity (Wildman–Crippen MR) is 86.3 cm³/mol. The molecule has 0 aromatic heterocycles. The number of rotatable bonds is 5. The van der Waals surface area contributed by atoms with Gasteiger partial charge in [-0.1, -0.05) is 6.07 Å². The van der Waals surface area contributed by atoms with Crippen molar-refractivity contribution in [3.63, 3.8) is 0 Å². The maximum Gasteiger partial charge on any atom is 0.337 e. The van der Waals surface area contributed by atoms with E-state index >= 15 is 0 Å². The molecule has 0 saturated heterocycles. The van der Waals surface area contributed by atoms with Crippen molar-refractivity contribution >= 4 is 21.7 Å². The minimum Gasteiger partial charge on any atom is -0.494 e. The number of ether oxygens (including phenoxy) is 2. The molecule has 1 N–H and O–H groups in total. The van der Waals surface area contributed by atoms with Crippen molar-refractivity contribution in [3.8, 4) is 5.75 Å². The topological polar surface area (TPSA) is 81.7 Å². The number of methoxy groups -OCH3 is 2. The van der Waals surface area contributed by atoms with Crippen molar-refractivity contribution in [3.05, 3.63) is 53.3 Å². The molecule has 0 aliphatic heterocycles. The third kappa shape index (κ3) is 3.65. The summed E-state index contributed by atoms with van der Waals surface area (Å²) < 4.78 is 50.2. The van der Waals surface area contributed by atoms with Gasteiger partial charge in [0.2, 0.25) is 0 Å². The number of carbonyl (C=O) groups excluding carboxylic acids is 1. The Labute approximate surface area is 139 Å².